The van der Waals surface area contributed by atoms with Crippen LogP contribution in [0.2, 0.25) is 0 Å². The van der Waals surface area contributed by atoms with Crippen molar-refractivity contribution < 1.29 is 19.1 Å². The number of aromatic nitrogens is 2. The topological polar surface area (TPSA) is 90.2 Å². The van der Waals surface area contributed by atoms with E-state index in [1.54, 1.807) is 31.3 Å². The van der Waals surface area contributed by atoms with Crippen molar-refractivity contribution in [3.05, 3.63) is 70.3 Å². The van der Waals surface area contributed by atoms with Gasteiger partial charge in [0.2, 0.25) is 0 Å². The van der Waals surface area contributed by atoms with Gasteiger partial charge in [-0.15, -0.1) is 0 Å². The molecule has 3 aromatic rings. The molecule has 154 valence electrons. The maximum atomic E-state index is 12.5. The third-order valence-corrected chi connectivity index (χ3v) is 4.85. The fourth-order valence-electron chi connectivity index (χ4n) is 3.35. The molecule has 4 rings (SSSR count). The molecule has 3 heterocycles. The molecule has 1 amide bonds. The van der Waals surface area contributed by atoms with Crippen molar-refractivity contribution in [2.75, 3.05) is 11.4 Å². The van der Waals surface area contributed by atoms with Gasteiger partial charge in [0.25, 0.3) is 11.5 Å². The standard InChI is InChI=1S/C22H21N3O5/c1-14-7-8-19-23-16(11-20(26)25(19)12-14)13-29-21(27)9-10-24-17-5-3-4-6-18(17)30-15(2)22(24)28/h3-8,11-12,15H,9-10,13H2,1-2H3. The predicted molar refractivity (Wildman–Crippen MR) is 109 cm³/mol. The monoisotopic (exact) mass is 407 g/mol. The van der Waals surface area contributed by atoms with E-state index in [9.17, 15) is 14.4 Å². The van der Waals surface area contributed by atoms with E-state index in [1.165, 1.54) is 15.4 Å². The number of carbonyl (C=O) groups excluding carboxylic acids is 2. The second-order valence-corrected chi connectivity index (χ2v) is 7.15. The van der Waals surface area contributed by atoms with Gasteiger partial charge in [0.05, 0.1) is 17.8 Å². The molecule has 0 saturated heterocycles. The summed E-state index contributed by atoms with van der Waals surface area (Å²) in [5, 5.41) is 0. The Morgan fingerprint density at radius 2 is 2.00 bits per heavy atom. The number of aryl methyl sites for hydroxylation is 1. The van der Waals surface area contributed by atoms with Crippen LogP contribution in [-0.2, 0) is 20.9 Å². The number of hydrogen-bond donors (Lipinski definition) is 0. The van der Waals surface area contributed by atoms with Crippen LogP contribution in [0.5, 0.6) is 5.75 Å². The van der Waals surface area contributed by atoms with Gasteiger partial charge in [-0.25, -0.2) is 4.98 Å². The van der Waals surface area contributed by atoms with Gasteiger partial charge < -0.3 is 14.4 Å². The highest BCUT2D eigenvalue weighted by Crippen LogP contribution is 2.33. The maximum Gasteiger partial charge on any atom is 0.307 e. The molecule has 0 saturated carbocycles. The number of fused-ring (bicyclic) bond motifs is 2. The largest absolute Gasteiger partial charge is 0.479 e. The SMILES string of the molecule is Cc1ccc2nc(COC(=O)CCN3C(=O)C(C)Oc4ccccc43)cc(=O)n2c1. The van der Waals surface area contributed by atoms with Crippen LogP contribution in [0.25, 0.3) is 5.65 Å². The first-order chi connectivity index (χ1) is 14.4. The number of benzene rings is 1. The summed E-state index contributed by atoms with van der Waals surface area (Å²) in [6.07, 6.45) is 1.10. The highest BCUT2D eigenvalue weighted by Gasteiger charge is 2.31. The molecule has 1 atom stereocenters. The number of para-hydroxylation sites is 2. The average Bonchev–Trinajstić information content (AvgIpc) is 2.73. The van der Waals surface area contributed by atoms with Crippen LogP contribution in [0.1, 0.15) is 24.6 Å². The van der Waals surface area contributed by atoms with Crippen molar-refractivity contribution in [2.45, 2.75) is 33.0 Å². The van der Waals surface area contributed by atoms with Crippen LogP contribution in [-0.4, -0.2) is 33.9 Å². The third kappa shape index (κ3) is 3.89. The molecule has 1 unspecified atom stereocenters. The highest BCUT2D eigenvalue weighted by molar-refractivity contribution is 6.00. The lowest BCUT2D eigenvalue weighted by Gasteiger charge is -2.32. The second-order valence-electron chi connectivity index (χ2n) is 7.15. The second kappa shape index (κ2) is 7.98. The molecular weight excluding hydrogens is 386 g/mol. The fourth-order valence-corrected chi connectivity index (χ4v) is 3.35. The normalized spacial score (nSPS) is 15.6. The lowest BCUT2D eigenvalue weighted by atomic mass is 10.2. The quantitative estimate of drug-likeness (QED) is 0.603. The lowest BCUT2D eigenvalue weighted by molar-refractivity contribution is -0.144. The summed E-state index contributed by atoms with van der Waals surface area (Å²) < 4.78 is 12.3. The third-order valence-electron chi connectivity index (χ3n) is 4.85. The summed E-state index contributed by atoms with van der Waals surface area (Å²) in [4.78, 5) is 42.8. The van der Waals surface area contributed by atoms with Crippen LogP contribution >= 0.6 is 0 Å². The number of ether oxygens (including phenoxy) is 2. The molecule has 0 fully saturated rings. The molecular formula is C22H21N3O5. The minimum absolute atomic E-state index is 0.0125. The summed E-state index contributed by atoms with van der Waals surface area (Å²) in [5.41, 5.74) is 2.20. The summed E-state index contributed by atoms with van der Waals surface area (Å²) in [6.45, 7) is 3.63. The number of pyridine rings is 1. The van der Waals surface area contributed by atoms with Crippen molar-refractivity contribution in [1.82, 2.24) is 9.38 Å². The summed E-state index contributed by atoms with van der Waals surface area (Å²) >= 11 is 0. The molecule has 1 aliphatic rings. The van der Waals surface area contributed by atoms with E-state index in [1.807, 2.05) is 25.1 Å². The fraction of sp³-hybridized carbons (Fsp3) is 0.273. The van der Waals surface area contributed by atoms with Gasteiger partial charge in [-0.2, -0.15) is 0 Å². The molecule has 0 bridgehead atoms. The predicted octanol–water partition coefficient (Wildman–Crippen LogP) is 2.25. The van der Waals surface area contributed by atoms with Crippen LogP contribution < -0.4 is 15.2 Å². The first-order valence-electron chi connectivity index (χ1n) is 9.64. The van der Waals surface area contributed by atoms with Gasteiger partial charge in [0, 0.05) is 18.8 Å². The number of amides is 1. The first-order valence-corrected chi connectivity index (χ1v) is 9.64. The minimum atomic E-state index is -0.616. The van der Waals surface area contributed by atoms with E-state index in [0.717, 1.165) is 5.56 Å². The molecule has 8 nitrogen and oxygen atoms in total. The van der Waals surface area contributed by atoms with Gasteiger partial charge in [0.1, 0.15) is 18.0 Å². The summed E-state index contributed by atoms with van der Waals surface area (Å²) in [5.74, 6) is -0.0830. The molecule has 0 aliphatic carbocycles. The van der Waals surface area contributed by atoms with E-state index in [2.05, 4.69) is 4.98 Å². The number of nitrogens with zero attached hydrogens (tertiary/aromatic N) is 3. The van der Waals surface area contributed by atoms with Gasteiger partial charge in [-0.1, -0.05) is 18.2 Å². The van der Waals surface area contributed by atoms with Crippen molar-refractivity contribution in [3.63, 3.8) is 0 Å². The Morgan fingerprint density at radius 3 is 2.83 bits per heavy atom. The van der Waals surface area contributed by atoms with E-state index >= 15 is 0 Å². The van der Waals surface area contributed by atoms with Gasteiger partial charge in [-0.3, -0.25) is 18.8 Å². The Labute approximate surface area is 172 Å². The Hall–Kier alpha value is -3.68. The number of rotatable bonds is 5. The zero-order valence-corrected chi connectivity index (χ0v) is 16.7. The smallest absolute Gasteiger partial charge is 0.307 e. The van der Waals surface area contributed by atoms with Crippen molar-refractivity contribution in [1.29, 1.82) is 0 Å². The molecule has 2 aromatic heterocycles. The van der Waals surface area contributed by atoms with Crippen LogP contribution in [0.3, 0.4) is 0 Å². The molecule has 8 heteroatoms. The van der Waals surface area contributed by atoms with Crippen LogP contribution in [0, 0.1) is 6.92 Å². The summed E-state index contributed by atoms with van der Waals surface area (Å²) in [6, 6.07) is 12.1. The van der Waals surface area contributed by atoms with Crippen LogP contribution in [0.15, 0.2) is 53.5 Å². The Kier molecular flexibility index (Phi) is 5.22. The molecule has 1 aromatic carbocycles. The summed E-state index contributed by atoms with van der Waals surface area (Å²) in [7, 11) is 0. The van der Waals surface area contributed by atoms with Crippen molar-refractivity contribution in [3.8, 4) is 5.75 Å². The minimum Gasteiger partial charge on any atom is -0.479 e. The van der Waals surface area contributed by atoms with Gasteiger partial charge >= 0.3 is 5.97 Å². The number of anilines is 1. The molecule has 0 spiro atoms. The van der Waals surface area contributed by atoms with Crippen molar-refractivity contribution >= 4 is 23.2 Å². The van der Waals surface area contributed by atoms with Gasteiger partial charge in [-0.05, 0) is 37.6 Å². The maximum absolute atomic E-state index is 12.5. The number of carbonyl (C=O) groups is 2. The molecule has 0 radical (unpaired) electrons. The Balaban J connectivity index is 1.40. The zero-order chi connectivity index (χ0) is 21.3. The van der Waals surface area contributed by atoms with E-state index in [-0.39, 0.29) is 31.0 Å². The Morgan fingerprint density at radius 1 is 1.20 bits per heavy atom. The molecule has 0 N–H and O–H groups in total. The van der Waals surface area contributed by atoms with E-state index in [4.69, 9.17) is 9.47 Å². The molecule has 1 aliphatic heterocycles. The lowest BCUT2D eigenvalue weighted by Crippen LogP contribution is -2.45. The molecule has 30 heavy (non-hydrogen) atoms. The van der Waals surface area contributed by atoms with Crippen molar-refractivity contribution in [2.24, 2.45) is 0 Å². The zero-order valence-electron chi connectivity index (χ0n) is 16.7. The first kappa shape index (κ1) is 19.6. The Bertz CT molecular complexity index is 1190. The van der Waals surface area contributed by atoms with Crippen LogP contribution in [0.4, 0.5) is 5.69 Å². The van der Waals surface area contributed by atoms with Gasteiger partial charge in [0.15, 0.2) is 6.10 Å². The van der Waals surface area contributed by atoms with E-state index < -0.39 is 12.1 Å². The number of hydrogen-bond acceptors (Lipinski definition) is 6. The highest BCUT2D eigenvalue weighted by atomic mass is 16.5. The number of esters is 1. The average molecular weight is 407 g/mol. The van der Waals surface area contributed by atoms with E-state index in [0.29, 0.717) is 22.8 Å².